The smallest absolute Gasteiger partial charge is 0.243 e. The molecule has 0 bridgehead atoms. The van der Waals surface area contributed by atoms with E-state index >= 15 is 0 Å². The van der Waals surface area contributed by atoms with Gasteiger partial charge in [-0.1, -0.05) is 18.2 Å². The molecule has 2 heterocycles. The molecule has 0 fully saturated rings. The van der Waals surface area contributed by atoms with Crippen molar-refractivity contribution in [2.45, 2.75) is 13.5 Å². The van der Waals surface area contributed by atoms with Gasteiger partial charge in [0.25, 0.3) is 0 Å². The van der Waals surface area contributed by atoms with E-state index in [0.717, 1.165) is 16.3 Å². The summed E-state index contributed by atoms with van der Waals surface area (Å²) in [4.78, 5) is 20.5. The molecular weight excluding hydrogens is 406 g/mol. The van der Waals surface area contributed by atoms with E-state index in [-0.39, 0.29) is 12.5 Å². The highest BCUT2D eigenvalue weighted by atomic mass is 35.5. The second-order valence-corrected chi connectivity index (χ2v) is 6.81. The predicted molar refractivity (Wildman–Crippen MR) is 116 cm³/mol. The quantitative estimate of drug-likeness (QED) is 0.572. The standard InChI is InChI=1S/C22H22ClN3O4/c1-6-19(27)25-11-14-8-15-13(10-24-14)7-16(26-22(15)30-5)20-12(2)17(28-3)9-18(29-4)21(20)23/h6-10H,1,11H2,2-5H3,(H,25,27). The third kappa shape index (κ3) is 4.02. The Balaban J connectivity index is 2.15. The number of halogens is 1. The second-order valence-electron chi connectivity index (χ2n) is 6.43. The number of nitrogens with one attached hydrogen (secondary N) is 1. The monoisotopic (exact) mass is 427 g/mol. The van der Waals surface area contributed by atoms with Crippen molar-refractivity contribution in [3.63, 3.8) is 0 Å². The number of carbonyl (C=O) groups is 1. The van der Waals surface area contributed by atoms with Gasteiger partial charge in [-0.2, -0.15) is 0 Å². The van der Waals surface area contributed by atoms with Crippen molar-refractivity contribution >= 4 is 28.3 Å². The summed E-state index contributed by atoms with van der Waals surface area (Å²) in [7, 11) is 4.68. The summed E-state index contributed by atoms with van der Waals surface area (Å²) in [6.07, 6.45) is 2.92. The fourth-order valence-electron chi connectivity index (χ4n) is 3.16. The Morgan fingerprint density at radius 2 is 1.90 bits per heavy atom. The molecule has 0 aliphatic heterocycles. The van der Waals surface area contributed by atoms with Crippen molar-refractivity contribution in [1.29, 1.82) is 0 Å². The fourth-order valence-corrected chi connectivity index (χ4v) is 3.53. The molecule has 8 heteroatoms. The van der Waals surface area contributed by atoms with E-state index < -0.39 is 0 Å². The average molecular weight is 428 g/mol. The molecule has 1 amide bonds. The first-order chi connectivity index (χ1) is 14.4. The lowest BCUT2D eigenvalue weighted by molar-refractivity contribution is -0.116. The van der Waals surface area contributed by atoms with E-state index in [1.54, 1.807) is 33.6 Å². The molecule has 0 radical (unpaired) electrons. The number of rotatable bonds is 7. The Bertz CT molecular complexity index is 1100. The summed E-state index contributed by atoms with van der Waals surface area (Å²) in [5.74, 6) is 1.27. The number of fused-ring (bicyclic) bond motifs is 1. The first-order valence-electron chi connectivity index (χ1n) is 9.08. The Morgan fingerprint density at radius 1 is 1.17 bits per heavy atom. The highest BCUT2D eigenvalue weighted by molar-refractivity contribution is 6.35. The summed E-state index contributed by atoms with van der Waals surface area (Å²) in [5, 5.41) is 4.71. The maximum Gasteiger partial charge on any atom is 0.243 e. The van der Waals surface area contributed by atoms with Crippen molar-refractivity contribution in [2.75, 3.05) is 21.3 Å². The van der Waals surface area contributed by atoms with Crippen LogP contribution in [0.5, 0.6) is 17.4 Å². The third-order valence-electron chi connectivity index (χ3n) is 4.70. The van der Waals surface area contributed by atoms with Crippen LogP contribution in [0.15, 0.2) is 37.1 Å². The molecule has 0 aliphatic rings. The molecule has 2 aromatic heterocycles. The van der Waals surface area contributed by atoms with Crippen LogP contribution in [0.4, 0.5) is 0 Å². The van der Waals surface area contributed by atoms with Crippen LogP contribution in [0.3, 0.4) is 0 Å². The molecular formula is C22H22ClN3O4. The molecule has 3 rings (SSSR count). The first-order valence-corrected chi connectivity index (χ1v) is 9.46. The molecule has 156 valence electrons. The highest BCUT2D eigenvalue weighted by Gasteiger charge is 2.20. The van der Waals surface area contributed by atoms with Gasteiger partial charge < -0.3 is 19.5 Å². The molecule has 0 unspecified atom stereocenters. The van der Waals surface area contributed by atoms with E-state index in [1.807, 2.05) is 19.1 Å². The van der Waals surface area contributed by atoms with Gasteiger partial charge in [0, 0.05) is 34.2 Å². The zero-order valence-electron chi connectivity index (χ0n) is 17.2. The number of hydrogen-bond acceptors (Lipinski definition) is 6. The van der Waals surface area contributed by atoms with Gasteiger partial charge in [-0.3, -0.25) is 9.78 Å². The number of pyridine rings is 2. The van der Waals surface area contributed by atoms with Gasteiger partial charge in [-0.25, -0.2) is 4.98 Å². The van der Waals surface area contributed by atoms with E-state index in [0.29, 0.717) is 39.4 Å². The van der Waals surface area contributed by atoms with Crippen molar-refractivity contribution in [1.82, 2.24) is 15.3 Å². The van der Waals surface area contributed by atoms with Gasteiger partial charge in [-0.05, 0) is 25.1 Å². The number of aromatic nitrogens is 2. The summed E-state index contributed by atoms with van der Waals surface area (Å²) in [6.45, 7) is 5.61. The molecule has 30 heavy (non-hydrogen) atoms. The molecule has 7 nitrogen and oxygen atoms in total. The molecule has 0 aliphatic carbocycles. The number of methoxy groups -OCH3 is 3. The number of nitrogens with zero attached hydrogens (tertiary/aromatic N) is 2. The molecule has 0 saturated carbocycles. The average Bonchev–Trinajstić information content (AvgIpc) is 2.77. The van der Waals surface area contributed by atoms with Crippen molar-refractivity contribution in [2.24, 2.45) is 0 Å². The Morgan fingerprint density at radius 3 is 2.53 bits per heavy atom. The van der Waals surface area contributed by atoms with Crippen molar-refractivity contribution in [3.05, 3.63) is 53.3 Å². The Kier molecular flexibility index (Phi) is 6.42. The van der Waals surface area contributed by atoms with Crippen molar-refractivity contribution < 1.29 is 19.0 Å². The Hall–Kier alpha value is -3.32. The lowest BCUT2D eigenvalue weighted by Gasteiger charge is -2.17. The lowest BCUT2D eigenvalue weighted by atomic mass is 10.0. The number of ether oxygens (including phenoxy) is 3. The van der Waals surface area contributed by atoms with Crippen LogP contribution in [0.25, 0.3) is 22.0 Å². The largest absolute Gasteiger partial charge is 0.496 e. The lowest BCUT2D eigenvalue weighted by Crippen LogP contribution is -2.20. The summed E-state index contributed by atoms with van der Waals surface area (Å²) in [5.41, 5.74) is 2.79. The van der Waals surface area contributed by atoms with Crippen LogP contribution in [0, 0.1) is 6.92 Å². The molecule has 0 spiro atoms. The first kappa shape index (κ1) is 21.4. The highest BCUT2D eigenvalue weighted by Crippen LogP contribution is 2.43. The van der Waals surface area contributed by atoms with Crippen LogP contribution in [0.1, 0.15) is 11.3 Å². The zero-order valence-corrected chi connectivity index (χ0v) is 18.0. The van der Waals surface area contributed by atoms with Gasteiger partial charge in [-0.15, -0.1) is 0 Å². The van der Waals surface area contributed by atoms with Crippen molar-refractivity contribution in [3.8, 4) is 28.6 Å². The van der Waals surface area contributed by atoms with Gasteiger partial charge in [0.2, 0.25) is 11.8 Å². The van der Waals surface area contributed by atoms with Crippen LogP contribution in [0.2, 0.25) is 5.02 Å². The SMILES string of the molecule is C=CC(=O)NCc1cc2c(OC)nc(-c3c(C)c(OC)cc(OC)c3Cl)cc2cn1. The molecule has 3 aromatic rings. The fraction of sp³-hybridized carbons (Fsp3) is 0.227. The number of hydrogen-bond donors (Lipinski definition) is 1. The number of amides is 1. The zero-order chi connectivity index (χ0) is 21.8. The van der Waals surface area contributed by atoms with Gasteiger partial charge in [0.1, 0.15) is 11.5 Å². The van der Waals surface area contributed by atoms with Crippen LogP contribution in [-0.4, -0.2) is 37.2 Å². The second kappa shape index (κ2) is 9.00. The summed E-state index contributed by atoms with van der Waals surface area (Å²) in [6, 6.07) is 5.45. The van der Waals surface area contributed by atoms with Crippen LogP contribution < -0.4 is 19.5 Å². The van der Waals surface area contributed by atoms with E-state index in [1.165, 1.54) is 6.08 Å². The van der Waals surface area contributed by atoms with E-state index in [9.17, 15) is 4.79 Å². The third-order valence-corrected chi connectivity index (χ3v) is 5.07. The van der Waals surface area contributed by atoms with E-state index in [2.05, 4.69) is 21.9 Å². The number of carbonyl (C=O) groups excluding carboxylic acids is 1. The maximum absolute atomic E-state index is 11.4. The van der Waals surface area contributed by atoms with Gasteiger partial charge in [0.05, 0.1) is 44.3 Å². The van der Waals surface area contributed by atoms with Crippen LogP contribution >= 0.6 is 11.6 Å². The van der Waals surface area contributed by atoms with Gasteiger partial charge in [0.15, 0.2) is 0 Å². The van der Waals surface area contributed by atoms with E-state index in [4.69, 9.17) is 25.8 Å². The minimum Gasteiger partial charge on any atom is -0.496 e. The summed E-state index contributed by atoms with van der Waals surface area (Å²) >= 11 is 6.61. The topological polar surface area (TPSA) is 82.6 Å². The molecule has 0 atom stereocenters. The summed E-state index contributed by atoms with van der Waals surface area (Å²) < 4.78 is 16.4. The predicted octanol–water partition coefficient (Wildman–Crippen LogP) is 4.09. The molecule has 1 aromatic carbocycles. The minimum atomic E-state index is -0.269. The molecule has 0 saturated heterocycles. The van der Waals surface area contributed by atoms with Crippen LogP contribution in [-0.2, 0) is 11.3 Å². The normalized spacial score (nSPS) is 10.6. The maximum atomic E-state index is 11.4. The van der Waals surface area contributed by atoms with Gasteiger partial charge >= 0.3 is 0 Å². The number of benzene rings is 1. The Labute approximate surface area is 179 Å². The molecule has 1 N–H and O–H groups in total. The minimum absolute atomic E-state index is 0.268.